The van der Waals surface area contributed by atoms with Crippen LogP contribution in [-0.2, 0) is 0 Å². The molecule has 0 bridgehead atoms. The lowest BCUT2D eigenvalue weighted by atomic mass is 10.1. The van der Waals surface area contributed by atoms with Crippen LogP contribution in [0.4, 0.5) is 0 Å². The molecule has 0 aliphatic heterocycles. The Labute approximate surface area is 118 Å². The van der Waals surface area contributed by atoms with Gasteiger partial charge in [0.15, 0.2) is 0 Å². The largest absolute Gasteiger partial charge is 0.323 e. The van der Waals surface area contributed by atoms with Crippen molar-refractivity contribution in [2.75, 3.05) is 0 Å². The summed E-state index contributed by atoms with van der Waals surface area (Å²) in [6.07, 6.45) is 7.83. The van der Waals surface area contributed by atoms with Crippen LogP contribution >= 0.6 is 43.2 Å². The average Bonchev–Trinajstić information content (AvgIpc) is 2.59. The van der Waals surface area contributed by atoms with Gasteiger partial charge in [0.2, 0.25) is 0 Å². The molecule has 0 saturated heterocycles. The Balaban J connectivity index is 2.29. The van der Waals surface area contributed by atoms with Crippen molar-refractivity contribution >= 4 is 43.2 Å². The van der Waals surface area contributed by atoms with Crippen LogP contribution in [0.1, 0.15) is 43.0 Å². The fraction of sp³-hybridized carbons (Fsp3) is 0.500. The minimum absolute atomic E-state index is 0.177. The molecule has 1 rings (SSSR count). The summed E-state index contributed by atoms with van der Waals surface area (Å²) >= 11 is 8.69. The zero-order valence-electron chi connectivity index (χ0n) is 9.22. The highest BCUT2D eigenvalue weighted by Gasteiger charge is 2.11. The third-order valence-corrected chi connectivity index (χ3v) is 5.84. The second kappa shape index (κ2) is 7.64. The first-order valence-electron chi connectivity index (χ1n) is 5.46. The third-order valence-electron chi connectivity index (χ3n) is 2.45. The highest BCUT2D eigenvalue weighted by atomic mass is 79.9. The van der Waals surface area contributed by atoms with Crippen molar-refractivity contribution in [3.63, 3.8) is 0 Å². The van der Waals surface area contributed by atoms with Gasteiger partial charge in [-0.15, -0.1) is 17.9 Å². The predicted octanol–water partition coefficient (Wildman–Crippen LogP) is 5.41. The third kappa shape index (κ3) is 4.70. The van der Waals surface area contributed by atoms with Gasteiger partial charge >= 0.3 is 0 Å². The predicted molar refractivity (Wildman–Crippen MR) is 79.9 cm³/mol. The molecule has 1 aromatic rings. The second-order valence-electron chi connectivity index (χ2n) is 3.80. The van der Waals surface area contributed by atoms with Crippen LogP contribution in [-0.4, -0.2) is 0 Å². The molecule has 1 heterocycles. The zero-order valence-corrected chi connectivity index (χ0v) is 13.2. The minimum Gasteiger partial charge on any atom is -0.323 e. The van der Waals surface area contributed by atoms with Crippen molar-refractivity contribution in [2.45, 2.75) is 38.1 Å². The molecule has 1 aromatic heterocycles. The molecule has 0 fully saturated rings. The first-order chi connectivity index (χ1) is 7.65. The smallest absolute Gasteiger partial charge is 0.0843 e. The van der Waals surface area contributed by atoms with Gasteiger partial charge in [-0.05, 0) is 57.2 Å². The number of nitrogens with two attached hydrogens (primary N) is 1. The monoisotopic (exact) mass is 365 g/mol. The topological polar surface area (TPSA) is 26.0 Å². The van der Waals surface area contributed by atoms with E-state index in [-0.39, 0.29) is 6.04 Å². The fourth-order valence-corrected chi connectivity index (χ4v) is 3.64. The fourth-order valence-electron chi connectivity index (χ4n) is 1.52. The average molecular weight is 367 g/mol. The Hall–Kier alpha value is 0.360. The second-order valence-corrected chi connectivity index (χ2v) is 7.06. The molecular formula is C12H17Br2NS. The summed E-state index contributed by atoms with van der Waals surface area (Å²) < 4.78 is 2.24. The van der Waals surface area contributed by atoms with Crippen LogP contribution in [0, 0.1) is 0 Å². The van der Waals surface area contributed by atoms with Gasteiger partial charge in [0.25, 0.3) is 0 Å². The normalized spacial score (nSPS) is 12.7. The van der Waals surface area contributed by atoms with Gasteiger partial charge in [0.1, 0.15) is 0 Å². The summed E-state index contributed by atoms with van der Waals surface area (Å²) in [5.41, 5.74) is 6.14. The number of rotatable bonds is 7. The Bertz CT molecular complexity index is 316. The molecule has 1 atom stereocenters. The molecule has 4 heteroatoms. The molecule has 1 nitrogen and oxygen atoms in total. The van der Waals surface area contributed by atoms with E-state index in [9.17, 15) is 0 Å². The lowest BCUT2D eigenvalue weighted by Gasteiger charge is -2.08. The summed E-state index contributed by atoms with van der Waals surface area (Å²) in [7, 11) is 0. The number of unbranched alkanes of at least 4 members (excludes halogenated alkanes) is 3. The van der Waals surface area contributed by atoms with Gasteiger partial charge < -0.3 is 5.73 Å². The molecular weight excluding hydrogens is 350 g/mol. The van der Waals surface area contributed by atoms with Gasteiger partial charge in [-0.3, -0.25) is 0 Å². The van der Waals surface area contributed by atoms with E-state index in [4.69, 9.17) is 5.73 Å². The number of hydrogen-bond donors (Lipinski definition) is 1. The SMILES string of the molecule is C=CCCCCCC(N)c1cc(Br)c(Br)s1. The van der Waals surface area contributed by atoms with Crippen LogP contribution in [0.25, 0.3) is 0 Å². The summed E-state index contributed by atoms with van der Waals surface area (Å²) in [5, 5.41) is 0. The van der Waals surface area contributed by atoms with E-state index in [1.165, 1.54) is 24.1 Å². The number of halogens is 2. The number of hydrogen-bond acceptors (Lipinski definition) is 2. The molecule has 0 amide bonds. The molecule has 1 unspecified atom stereocenters. The van der Waals surface area contributed by atoms with Crippen LogP contribution in [0.5, 0.6) is 0 Å². The molecule has 2 N–H and O–H groups in total. The number of thiophene rings is 1. The maximum atomic E-state index is 6.14. The Kier molecular flexibility index (Phi) is 6.89. The van der Waals surface area contributed by atoms with E-state index in [0.717, 1.165) is 21.1 Å². The summed E-state index contributed by atoms with van der Waals surface area (Å²) in [5.74, 6) is 0. The van der Waals surface area contributed by atoms with E-state index in [1.54, 1.807) is 11.3 Å². The van der Waals surface area contributed by atoms with Gasteiger partial charge in [0, 0.05) is 15.4 Å². The van der Waals surface area contributed by atoms with Crippen molar-refractivity contribution in [3.8, 4) is 0 Å². The first kappa shape index (κ1) is 14.4. The van der Waals surface area contributed by atoms with Crippen molar-refractivity contribution in [1.82, 2.24) is 0 Å². The minimum atomic E-state index is 0.177. The molecule has 16 heavy (non-hydrogen) atoms. The van der Waals surface area contributed by atoms with Crippen LogP contribution in [0.2, 0.25) is 0 Å². The molecule has 0 spiro atoms. The Morgan fingerprint density at radius 2 is 2.12 bits per heavy atom. The van der Waals surface area contributed by atoms with E-state index in [0.29, 0.717) is 0 Å². The summed E-state index contributed by atoms with van der Waals surface area (Å²) in [6.45, 7) is 3.72. The van der Waals surface area contributed by atoms with Gasteiger partial charge in [-0.1, -0.05) is 18.9 Å². The van der Waals surface area contributed by atoms with E-state index in [1.807, 2.05) is 6.08 Å². The standard InChI is InChI=1S/C12H17Br2NS/c1-2-3-4-5-6-7-10(15)11-8-9(13)12(14)16-11/h2,8,10H,1,3-7,15H2. The van der Waals surface area contributed by atoms with Gasteiger partial charge in [-0.2, -0.15) is 0 Å². The quantitative estimate of drug-likeness (QED) is 0.506. The Morgan fingerprint density at radius 3 is 2.69 bits per heavy atom. The lowest BCUT2D eigenvalue weighted by molar-refractivity contribution is 0.578. The van der Waals surface area contributed by atoms with E-state index < -0.39 is 0 Å². The summed E-state index contributed by atoms with van der Waals surface area (Å²) in [4.78, 5) is 1.25. The highest BCUT2D eigenvalue weighted by Crippen LogP contribution is 2.36. The van der Waals surface area contributed by atoms with Gasteiger partial charge in [-0.25, -0.2) is 0 Å². The summed E-state index contributed by atoms with van der Waals surface area (Å²) in [6, 6.07) is 2.29. The van der Waals surface area contributed by atoms with Crippen molar-refractivity contribution in [2.24, 2.45) is 5.73 Å². The van der Waals surface area contributed by atoms with Crippen molar-refractivity contribution < 1.29 is 0 Å². The van der Waals surface area contributed by atoms with Crippen molar-refractivity contribution in [3.05, 3.63) is 31.9 Å². The molecule has 0 aromatic carbocycles. The molecule has 0 radical (unpaired) electrons. The van der Waals surface area contributed by atoms with Crippen LogP contribution < -0.4 is 5.73 Å². The van der Waals surface area contributed by atoms with Gasteiger partial charge in [0.05, 0.1) is 3.79 Å². The van der Waals surface area contributed by atoms with Crippen LogP contribution in [0.15, 0.2) is 27.0 Å². The van der Waals surface area contributed by atoms with Crippen LogP contribution in [0.3, 0.4) is 0 Å². The van der Waals surface area contributed by atoms with E-state index in [2.05, 4.69) is 44.5 Å². The highest BCUT2D eigenvalue weighted by molar-refractivity contribution is 9.13. The molecule has 0 aliphatic rings. The molecule has 0 aliphatic carbocycles. The lowest BCUT2D eigenvalue weighted by Crippen LogP contribution is -2.08. The van der Waals surface area contributed by atoms with Crippen molar-refractivity contribution in [1.29, 1.82) is 0 Å². The number of allylic oxidation sites excluding steroid dienone is 1. The maximum Gasteiger partial charge on any atom is 0.0843 e. The molecule has 90 valence electrons. The zero-order chi connectivity index (χ0) is 12.0. The van der Waals surface area contributed by atoms with E-state index >= 15 is 0 Å². The molecule has 0 saturated carbocycles. The first-order valence-corrected chi connectivity index (χ1v) is 7.86. The maximum absolute atomic E-state index is 6.14. The Morgan fingerprint density at radius 1 is 1.38 bits per heavy atom.